The highest BCUT2D eigenvalue weighted by atomic mass is 127. The number of rotatable bonds is 6. The van der Waals surface area contributed by atoms with Crippen molar-refractivity contribution in [1.82, 2.24) is 16.0 Å². The van der Waals surface area contributed by atoms with Gasteiger partial charge < -0.3 is 16.0 Å². The van der Waals surface area contributed by atoms with E-state index < -0.39 is 0 Å². The number of aliphatic imine (C=N–C) groups is 1. The predicted molar refractivity (Wildman–Crippen MR) is 110 cm³/mol. The van der Waals surface area contributed by atoms with Crippen LogP contribution in [0.3, 0.4) is 0 Å². The van der Waals surface area contributed by atoms with Gasteiger partial charge in [0.2, 0.25) is 5.91 Å². The molecule has 0 unspecified atom stereocenters. The molecule has 1 aromatic rings. The van der Waals surface area contributed by atoms with Crippen LogP contribution in [0.2, 0.25) is 0 Å². The molecular formula is C16H27IN4OS. The summed E-state index contributed by atoms with van der Waals surface area (Å²) in [6.07, 6.45) is 0. The number of hydrogen-bond acceptors (Lipinski definition) is 3. The van der Waals surface area contributed by atoms with Crippen molar-refractivity contribution in [3.63, 3.8) is 0 Å². The Morgan fingerprint density at radius 2 is 1.83 bits per heavy atom. The van der Waals surface area contributed by atoms with Gasteiger partial charge in [0.25, 0.3) is 0 Å². The Balaban J connectivity index is 0.00000484. The molecule has 0 aromatic heterocycles. The highest BCUT2D eigenvalue weighted by molar-refractivity contribution is 14.0. The first-order valence-corrected chi connectivity index (χ1v) is 8.32. The molecule has 0 aliphatic carbocycles. The first kappa shape index (κ1) is 22.0. The van der Waals surface area contributed by atoms with Crippen molar-refractivity contribution in [3.05, 3.63) is 30.3 Å². The quantitative estimate of drug-likeness (QED) is 0.205. The van der Waals surface area contributed by atoms with Crippen molar-refractivity contribution in [2.24, 2.45) is 4.99 Å². The number of guanidine groups is 1. The average Bonchev–Trinajstić information content (AvgIpc) is 2.46. The molecule has 0 saturated carbocycles. The standard InChI is InChI=1S/C16H26N4OS.HI/c1-16(2,3)20-14(21)12-19-15(17-4)18-10-11-22-13-8-6-5-7-9-13;/h5-9H,10-12H2,1-4H3,(H,20,21)(H2,17,18,19);1H. The van der Waals surface area contributed by atoms with E-state index in [1.54, 1.807) is 18.8 Å². The van der Waals surface area contributed by atoms with Gasteiger partial charge >= 0.3 is 0 Å². The molecule has 3 N–H and O–H groups in total. The largest absolute Gasteiger partial charge is 0.356 e. The molecule has 0 spiro atoms. The number of carbonyl (C=O) groups is 1. The zero-order chi connectivity index (χ0) is 16.4. The third kappa shape index (κ3) is 11.2. The van der Waals surface area contributed by atoms with Crippen LogP contribution in [-0.2, 0) is 4.79 Å². The van der Waals surface area contributed by atoms with Crippen molar-refractivity contribution in [2.75, 3.05) is 25.9 Å². The molecule has 130 valence electrons. The molecule has 23 heavy (non-hydrogen) atoms. The maximum atomic E-state index is 11.7. The molecule has 0 saturated heterocycles. The lowest BCUT2D eigenvalue weighted by Gasteiger charge is -2.21. The van der Waals surface area contributed by atoms with Gasteiger partial charge in [-0.05, 0) is 32.9 Å². The summed E-state index contributed by atoms with van der Waals surface area (Å²) in [5, 5.41) is 9.10. The normalized spacial score (nSPS) is 11.4. The van der Waals surface area contributed by atoms with E-state index in [4.69, 9.17) is 0 Å². The van der Waals surface area contributed by atoms with Gasteiger partial charge in [-0.25, -0.2) is 0 Å². The molecule has 1 amide bonds. The van der Waals surface area contributed by atoms with E-state index in [2.05, 4.69) is 33.1 Å². The molecule has 0 aliphatic heterocycles. The second kappa shape index (κ2) is 11.6. The number of thioether (sulfide) groups is 1. The Morgan fingerprint density at radius 1 is 1.17 bits per heavy atom. The Bertz CT molecular complexity index is 489. The van der Waals surface area contributed by atoms with E-state index in [1.807, 2.05) is 39.0 Å². The monoisotopic (exact) mass is 450 g/mol. The van der Waals surface area contributed by atoms with Crippen LogP contribution >= 0.6 is 35.7 Å². The number of nitrogens with one attached hydrogen (secondary N) is 3. The van der Waals surface area contributed by atoms with E-state index in [0.29, 0.717) is 5.96 Å². The number of hydrogen-bond donors (Lipinski definition) is 3. The number of carbonyl (C=O) groups excluding carboxylic acids is 1. The van der Waals surface area contributed by atoms with E-state index in [-0.39, 0.29) is 42.0 Å². The Kier molecular flexibility index (Phi) is 11.1. The van der Waals surface area contributed by atoms with Gasteiger partial charge in [-0.3, -0.25) is 9.79 Å². The van der Waals surface area contributed by atoms with Crippen LogP contribution in [0.5, 0.6) is 0 Å². The zero-order valence-corrected chi connectivity index (χ0v) is 17.3. The van der Waals surface area contributed by atoms with Crippen molar-refractivity contribution < 1.29 is 4.79 Å². The summed E-state index contributed by atoms with van der Waals surface area (Å²) >= 11 is 1.78. The molecular weight excluding hydrogens is 423 g/mol. The summed E-state index contributed by atoms with van der Waals surface area (Å²) in [6, 6.07) is 10.3. The third-order valence-electron chi connectivity index (χ3n) is 2.56. The van der Waals surface area contributed by atoms with Crippen LogP contribution in [0.4, 0.5) is 0 Å². The third-order valence-corrected chi connectivity index (χ3v) is 3.57. The fraction of sp³-hybridized carbons (Fsp3) is 0.500. The number of amides is 1. The lowest BCUT2D eigenvalue weighted by molar-refractivity contribution is -0.121. The molecule has 1 rings (SSSR count). The molecule has 0 fully saturated rings. The average molecular weight is 450 g/mol. The van der Waals surface area contributed by atoms with E-state index in [1.165, 1.54) is 4.90 Å². The van der Waals surface area contributed by atoms with Gasteiger partial charge in [0.1, 0.15) is 0 Å². The summed E-state index contributed by atoms with van der Waals surface area (Å²) in [5.74, 6) is 1.52. The van der Waals surface area contributed by atoms with Crippen LogP contribution in [0.25, 0.3) is 0 Å². The fourth-order valence-electron chi connectivity index (χ4n) is 1.70. The van der Waals surface area contributed by atoms with Crippen molar-refractivity contribution in [1.29, 1.82) is 0 Å². The van der Waals surface area contributed by atoms with Gasteiger partial charge in [-0.2, -0.15) is 0 Å². The summed E-state index contributed by atoms with van der Waals surface area (Å²) in [7, 11) is 1.70. The molecule has 1 aromatic carbocycles. The van der Waals surface area contributed by atoms with E-state index in [9.17, 15) is 4.79 Å². The van der Waals surface area contributed by atoms with Crippen LogP contribution < -0.4 is 16.0 Å². The summed E-state index contributed by atoms with van der Waals surface area (Å²) in [5.41, 5.74) is -0.220. The lowest BCUT2D eigenvalue weighted by atomic mass is 10.1. The van der Waals surface area contributed by atoms with Gasteiger partial charge in [-0.1, -0.05) is 18.2 Å². The Hall–Kier alpha value is -0.960. The maximum absolute atomic E-state index is 11.7. The highest BCUT2D eigenvalue weighted by Crippen LogP contribution is 2.15. The zero-order valence-electron chi connectivity index (χ0n) is 14.2. The number of halogens is 1. The second-order valence-corrected chi connectivity index (χ2v) is 6.98. The summed E-state index contributed by atoms with van der Waals surface area (Å²) < 4.78 is 0. The van der Waals surface area contributed by atoms with Crippen LogP contribution in [0, 0.1) is 0 Å². The van der Waals surface area contributed by atoms with Gasteiger partial charge in [0, 0.05) is 29.8 Å². The van der Waals surface area contributed by atoms with Crippen molar-refractivity contribution >= 4 is 47.6 Å². The predicted octanol–water partition coefficient (Wildman–Crippen LogP) is 2.48. The minimum Gasteiger partial charge on any atom is -0.356 e. The van der Waals surface area contributed by atoms with Gasteiger partial charge in [0.15, 0.2) is 5.96 Å². The first-order valence-electron chi connectivity index (χ1n) is 7.34. The SMILES string of the molecule is CN=C(NCCSc1ccccc1)NCC(=O)NC(C)(C)C.I. The minimum atomic E-state index is -0.220. The number of benzene rings is 1. The van der Waals surface area contributed by atoms with E-state index in [0.717, 1.165) is 12.3 Å². The Morgan fingerprint density at radius 3 is 2.39 bits per heavy atom. The molecule has 0 heterocycles. The van der Waals surface area contributed by atoms with Gasteiger partial charge in [0.05, 0.1) is 6.54 Å². The molecule has 0 radical (unpaired) electrons. The van der Waals surface area contributed by atoms with Crippen molar-refractivity contribution in [2.45, 2.75) is 31.2 Å². The molecule has 5 nitrogen and oxygen atoms in total. The fourth-order valence-corrected chi connectivity index (χ4v) is 2.49. The Labute approximate surface area is 160 Å². The van der Waals surface area contributed by atoms with Gasteiger partial charge in [-0.15, -0.1) is 35.7 Å². The maximum Gasteiger partial charge on any atom is 0.239 e. The highest BCUT2D eigenvalue weighted by Gasteiger charge is 2.13. The van der Waals surface area contributed by atoms with Crippen LogP contribution in [0.1, 0.15) is 20.8 Å². The first-order chi connectivity index (χ1) is 10.4. The summed E-state index contributed by atoms with van der Waals surface area (Å²) in [4.78, 5) is 17.1. The minimum absolute atomic E-state index is 0. The summed E-state index contributed by atoms with van der Waals surface area (Å²) in [6.45, 7) is 6.86. The molecule has 0 bridgehead atoms. The lowest BCUT2D eigenvalue weighted by Crippen LogP contribution is -2.48. The molecule has 0 atom stereocenters. The number of nitrogens with zero attached hydrogens (tertiary/aromatic N) is 1. The molecule has 0 aliphatic rings. The van der Waals surface area contributed by atoms with Crippen LogP contribution in [0.15, 0.2) is 40.2 Å². The van der Waals surface area contributed by atoms with E-state index >= 15 is 0 Å². The van der Waals surface area contributed by atoms with Crippen molar-refractivity contribution in [3.8, 4) is 0 Å². The van der Waals surface area contributed by atoms with Crippen LogP contribution in [-0.4, -0.2) is 43.3 Å². The topological polar surface area (TPSA) is 65.5 Å². The smallest absolute Gasteiger partial charge is 0.239 e. The second-order valence-electron chi connectivity index (χ2n) is 5.81. The molecule has 7 heteroatoms.